The molecule has 0 aromatic rings. The molecule has 0 aromatic carbocycles. The van der Waals surface area contributed by atoms with Crippen LogP contribution in [-0.4, -0.2) is 75.5 Å². The molecule has 0 bridgehead atoms. The summed E-state index contributed by atoms with van der Waals surface area (Å²) in [4.78, 5) is 36.7. The zero-order valence-electron chi connectivity index (χ0n) is 37.1. The summed E-state index contributed by atoms with van der Waals surface area (Å²) < 4.78 is 17.1. The van der Waals surface area contributed by atoms with Crippen LogP contribution >= 0.6 is 0 Å². The summed E-state index contributed by atoms with van der Waals surface area (Å²) in [5.41, 5.74) is 0. The second-order valence-electron chi connectivity index (χ2n) is 17.4. The van der Waals surface area contributed by atoms with Crippen molar-refractivity contribution in [1.29, 1.82) is 0 Å². The van der Waals surface area contributed by atoms with Gasteiger partial charge in [-0.15, -0.1) is 0 Å². The lowest BCUT2D eigenvalue weighted by atomic mass is 10.0. The van der Waals surface area contributed by atoms with Crippen molar-refractivity contribution in [2.45, 2.75) is 244 Å². The minimum atomic E-state index is -1.12. The Labute approximate surface area is 340 Å². The molecule has 0 aliphatic rings. The molecule has 0 fully saturated rings. The van der Waals surface area contributed by atoms with Crippen LogP contribution in [0.1, 0.15) is 232 Å². The molecule has 2 atom stereocenters. The number of rotatable bonds is 43. The number of likely N-dealkylation sites (N-methyl/N-ethyl adjacent to an activating group) is 1. The van der Waals surface area contributed by atoms with Crippen LogP contribution in [0.3, 0.4) is 0 Å². The molecule has 2 unspecified atom stereocenters. The minimum Gasteiger partial charge on any atom is -0.544 e. The van der Waals surface area contributed by atoms with E-state index in [1.54, 1.807) is 21.1 Å². The Balaban J connectivity index is 4.03. The summed E-state index contributed by atoms with van der Waals surface area (Å²) >= 11 is 0. The van der Waals surface area contributed by atoms with Crippen molar-refractivity contribution >= 4 is 17.9 Å². The van der Waals surface area contributed by atoms with Crippen molar-refractivity contribution < 1.29 is 38.2 Å². The van der Waals surface area contributed by atoms with Crippen molar-refractivity contribution in [1.82, 2.24) is 0 Å². The molecule has 55 heavy (non-hydrogen) atoms. The lowest BCUT2D eigenvalue weighted by molar-refractivity contribution is -0.889. The molecule has 0 aliphatic carbocycles. The second-order valence-corrected chi connectivity index (χ2v) is 17.4. The SMILES string of the molecule is CCCCCCCCCCCCCCCCCCCCCCCCCCC(=O)OC(COCCC(C(=O)[O-])[N+](C)(C)C)COC(=O)CCCCCCCCC. The number of carbonyl (C=O) groups is 3. The molecule has 8 heteroatoms. The quantitative estimate of drug-likeness (QED) is 0.0345. The van der Waals surface area contributed by atoms with Gasteiger partial charge in [0.1, 0.15) is 12.6 Å². The van der Waals surface area contributed by atoms with Crippen LogP contribution in [0.25, 0.3) is 0 Å². The van der Waals surface area contributed by atoms with Crippen molar-refractivity contribution in [2.24, 2.45) is 0 Å². The zero-order chi connectivity index (χ0) is 40.7. The smallest absolute Gasteiger partial charge is 0.306 e. The van der Waals surface area contributed by atoms with Crippen molar-refractivity contribution in [3.8, 4) is 0 Å². The monoisotopic (exact) mass is 782 g/mol. The summed E-state index contributed by atoms with van der Waals surface area (Å²) in [6.07, 6.45) is 40.2. The van der Waals surface area contributed by atoms with Gasteiger partial charge in [-0.3, -0.25) is 9.59 Å². The van der Waals surface area contributed by atoms with Crippen LogP contribution in [0.2, 0.25) is 0 Å². The first-order valence-electron chi connectivity index (χ1n) is 23.6. The van der Waals surface area contributed by atoms with Gasteiger partial charge in [0.25, 0.3) is 0 Å². The third kappa shape index (κ3) is 37.7. The number of nitrogens with zero attached hydrogens (tertiary/aromatic N) is 1. The Morgan fingerprint density at radius 1 is 0.473 bits per heavy atom. The van der Waals surface area contributed by atoms with Crippen LogP contribution in [0.4, 0.5) is 0 Å². The molecule has 0 saturated heterocycles. The van der Waals surface area contributed by atoms with E-state index in [1.807, 2.05) is 0 Å². The van der Waals surface area contributed by atoms with E-state index in [0.717, 1.165) is 38.5 Å². The van der Waals surface area contributed by atoms with Crippen LogP contribution in [0.15, 0.2) is 0 Å². The van der Waals surface area contributed by atoms with Gasteiger partial charge in [-0.1, -0.05) is 200 Å². The molecule has 0 rings (SSSR count). The summed E-state index contributed by atoms with van der Waals surface area (Å²) in [5, 5.41) is 11.6. The van der Waals surface area contributed by atoms with Crippen molar-refractivity contribution in [2.75, 3.05) is 41.0 Å². The molecule has 0 saturated carbocycles. The van der Waals surface area contributed by atoms with Crippen LogP contribution in [-0.2, 0) is 28.6 Å². The molecule has 0 heterocycles. The first-order chi connectivity index (χ1) is 26.6. The average molecular weight is 782 g/mol. The fourth-order valence-corrected chi connectivity index (χ4v) is 7.31. The van der Waals surface area contributed by atoms with E-state index in [1.165, 1.54) is 161 Å². The molecule has 0 N–H and O–H groups in total. The third-order valence-electron chi connectivity index (χ3n) is 11.0. The van der Waals surface area contributed by atoms with E-state index in [0.29, 0.717) is 12.8 Å². The number of hydrogen-bond acceptors (Lipinski definition) is 7. The van der Waals surface area contributed by atoms with Crippen LogP contribution in [0.5, 0.6) is 0 Å². The fraction of sp³-hybridized carbons (Fsp3) is 0.936. The van der Waals surface area contributed by atoms with E-state index in [-0.39, 0.29) is 42.7 Å². The number of carbonyl (C=O) groups excluding carboxylic acids is 3. The first-order valence-corrected chi connectivity index (χ1v) is 23.6. The Morgan fingerprint density at radius 3 is 1.13 bits per heavy atom. The zero-order valence-corrected chi connectivity index (χ0v) is 37.1. The predicted octanol–water partition coefficient (Wildman–Crippen LogP) is 11.6. The highest BCUT2D eigenvalue weighted by molar-refractivity contribution is 5.70. The number of unbranched alkanes of at least 4 members (excludes halogenated alkanes) is 29. The van der Waals surface area contributed by atoms with Gasteiger partial charge in [-0.05, 0) is 12.8 Å². The minimum absolute atomic E-state index is 0.0484. The third-order valence-corrected chi connectivity index (χ3v) is 11.0. The van der Waals surface area contributed by atoms with Crippen molar-refractivity contribution in [3.63, 3.8) is 0 Å². The number of ether oxygens (including phenoxy) is 3. The van der Waals surface area contributed by atoms with Gasteiger partial charge in [0.05, 0.1) is 40.3 Å². The van der Waals surface area contributed by atoms with E-state index >= 15 is 0 Å². The Bertz CT molecular complexity index is 874. The van der Waals surface area contributed by atoms with E-state index in [2.05, 4.69) is 13.8 Å². The van der Waals surface area contributed by atoms with Gasteiger partial charge >= 0.3 is 11.9 Å². The average Bonchev–Trinajstić information content (AvgIpc) is 3.14. The van der Waals surface area contributed by atoms with Gasteiger partial charge in [0.2, 0.25) is 0 Å². The molecule has 326 valence electrons. The topological polar surface area (TPSA) is 102 Å². The number of carboxylic acid groups (broad SMARTS) is 1. The summed E-state index contributed by atoms with van der Waals surface area (Å²) in [5.74, 6) is -1.72. The standard InChI is InChI=1S/C47H91NO7/c1-6-8-10-12-14-15-16-17-18-19-20-21-22-23-24-25-26-27-28-29-30-32-34-36-38-46(50)55-43(41-53-40-39-44(47(51)52)48(3,4)5)42-54-45(49)37-35-33-31-13-11-9-7-2/h43-44H,6-42H2,1-5H3. The molecule has 0 aromatic heterocycles. The van der Waals surface area contributed by atoms with Gasteiger partial charge in [-0.2, -0.15) is 0 Å². The van der Waals surface area contributed by atoms with E-state index in [9.17, 15) is 19.5 Å². The normalized spacial score (nSPS) is 12.8. The van der Waals surface area contributed by atoms with E-state index < -0.39 is 18.1 Å². The maximum Gasteiger partial charge on any atom is 0.306 e. The second kappa shape index (κ2) is 39.2. The lowest BCUT2D eigenvalue weighted by Gasteiger charge is -2.34. The molecule has 0 spiro atoms. The number of esters is 2. The van der Waals surface area contributed by atoms with Gasteiger partial charge in [0, 0.05) is 19.3 Å². The highest BCUT2D eigenvalue weighted by Crippen LogP contribution is 2.17. The van der Waals surface area contributed by atoms with Gasteiger partial charge in [0.15, 0.2) is 6.10 Å². The maximum atomic E-state index is 12.7. The predicted molar refractivity (Wildman–Crippen MR) is 227 cm³/mol. The molecular formula is C47H91NO7. The van der Waals surface area contributed by atoms with Gasteiger partial charge in [-0.25, -0.2) is 0 Å². The van der Waals surface area contributed by atoms with Gasteiger partial charge < -0.3 is 28.6 Å². The maximum absolute atomic E-state index is 12.7. The lowest BCUT2D eigenvalue weighted by Crippen LogP contribution is -2.55. The van der Waals surface area contributed by atoms with E-state index in [4.69, 9.17) is 14.2 Å². The Kier molecular flexibility index (Phi) is 38.0. The summed E-state index contributed by atoms with van der Waals surface area (Å²) in [6.45, 7) is 4.65. The highest BCUT2D eigenvalue weighted by atomic mass is 16.6. The molecule has 8 nitrogen and oxygen atoms in total. The Hall–Kier alpha value is -1.67. The van der Waals surface area contributed by atoms with Crippen LogP contribution in [0, 0.1) is 0 Å². The first kappa shape index (κ1) is 53.3. The Morgan fingerprint density at radius 2 is 0.800 bits per heavy atom. The largest absolute Gasteiger partial charge is 0.544 e. The number of quaternary nitrogens is 1. The van der Waals surface area contributed by atoms with Crippen LogP contribution < -0.4 is 5.11 Å². The number of carboxylic acids is 1. The molecule has 0 amide bonds. The number of hydrogen-bond donors (Lipinski definition) is 0. The fourth-order valence-electron chi connectivity index (χ4n) is 7.31. The summed E-state index contributed by atoms with van der Waals surface area (Å²) in [6, 6.07) is -0.718. The van der Waals surface area contributed by atoms with Crippen molar-refractivity contribution in [3.05, 3.63) is 0 Å². The summed E-state index contributed by atoms with van der Waals surface area (Å²) in [7, 11) is 5.41. The molecule has 0 radical (unpaired) electrons. The number of aliphatic carboxylic acids is 1. The molecule has 0 aliphatic heterocycles. The highest BCUT2D eigenvalue weighted by Gasteiger charge is 2.25. The molecular weight excluding hydrogens is 691 g/mol.